The van der Waals surface area contributed by atoms with E-state index in [9.17, 15) is 44.3 Å². The maximum Gasteiger partial charge on any atom is 0.421 e. The molecule has 0 aromatic carbocycles. The number of alkyl halides is 9. The lowest BCUT2D eigenvalue weighted by Gasteiger charge is -2.41. The molecule has 1 amide bonds. The zero-order chi connectivity index (χ0) is 21.5. The van der Waals surface area contributed by atoms with E-state index in [1.807, 2.05) is 0 Å². The Labute approximate surface area is 151 Å². The molecule has 3 nitrogen and oxygen atoms in total. The first-order valence-electron chi connectivity index (χ1n) is 8.01. The van der Waals surface area contributed by atoms with Crippen LogP contribution >= 0.6 is 0 Å². The molecular formula is C14H20F9NO2Si. The number of hydrogen-bond donors (Lipinski definition) is 0. The average Bonchev–Trinajstić information content (AvgIpc) is 2.56. The van der Waals surface area contributed by atoms with Crippen LogP contribution in [0.2, 0.25) is 12.1 Å². The number of halogens is 9. The van der Waals surface area contributed by atoms with Gasteiger partial charge in [0.15, 0.2) is 0 Å². The van der Waals surface area contributed by atoms with E-state index in [2.05, 4.69) is 0 Å². The van der Waals surface area contributed by atoms with Crippen LogP contribution < -0.4 is 0 Å². The first kappa shape index (κ1) is 24.1. The van der Waals surface area contributed by atoms with Crippen molar-refractivity contribution < 1.29 is 48.7 Å². The van der Waals surface area contributed by atoms with Crippen molar-refractivity contribution in [2.75, 3.05) is 19.8 Å². The molecule has 160 valence electrons. The third kappa shape index (κ3) is 4.22. The normalized spacial score (nSPS) is 25.9. The summed E-state index contributed by atoms with van der Waals surface area (Å²) in [5.74, 6) is -3.09. The Kier molecular flexibility index (Phi) is 6.64. The summed E-state index contributed by atoms with van der Waals surface area (Å²) < 4.78 is 123. The number of hydrogen-bond acceptors (Lipinski definition) is 2. The van der Waals surface area contributed by atoms with Crippen molar-refractivity contribution in [2.24, 2.45) is 5.41 Å². The Morgan fingerprint density at radius 1 is 1.00 bits per heavy atom. The standard InChI is InChI=1S/C14H20F9NO2Si/c1-9-6-4-5-7-26-27(9,3)8-24(2)10(25)11(12(15,16)17,13(18,19)20)14(21,22)23/h9H,4-8H2,1-3H3. The smallest absolute Gasteiger partial charge is 0.415 e. The van der Waals surface area contributed by atoms with Gasteiger partial charge in [-0.3, -0.25) is 4.79 Å². The quantitative estimate of drug-likeness (QED) is 0.472. The molecule has 0 aromatic rings. The zero-order valence-electron chi connectivity index (χ0n) is 14.8. The molecular weight excluding hydrogens is 413 g/mol. The van der Waals surface area contributed by atoms with Gasteiger partial charge >= 0.3 is 23.9 Å². The molecule has 1 heterocycles. The SMILES string of the molecule is CC1CCCCO[Si]1(C)CN(C)C(=O)C(C(F)(F)F)(C(F)(F)F)C(F)(F)F. The summed E-state index contributed by atoms with van der Waals surface area (Å²) in [6.45, 7) is 3.35. The molecule has 0 aliphatic carbocycles. The predicted molar refractivity (Wildman–Crippen MR) is 79.1 cm³/mol. The van der Waals surface area contributed by atoms with Gasteiger partial charge in [0.2, 0.25) is 8.32 Å². The highest BCUT2D eigenvalue weighted by atomic mass is 28.4. The Morgan fingerprint density at radius 2 is 1.44 bits per heavy atom. The van der Waals surface area contributed by atoms with Crippen molar-refractivity contribution in [3.63, 3.8) is 0 Å². The topological polar surface area (TPSA) is 29.5 Å². The Balaban J connectivity index is 3.38. The fourth-order valence-electron chi connectivity index (χ4n) is 3.18. The monoisotopic (exact) mass is 433 g/mol. The van der Waals surface area contributed by atoms with Crippen LogP contribution in [-0.2, 0) is 9.22 Å². The summed E-state index contributed by atoms with van der Waals surface area (Å²) in [6.07, 6.45) is -19.6. The van der Waals surface area contributed by atoms with E-state index in [4.69, 9.17) is 4.43 Å². The summed E-state index contributed by atoms with van der Waals surface area (Å²) in [5, 5.41) is 0. The van der Waals surface area contributed by atoms with Gasteiger partial charge in [-0.2, -0.15) is 39.5 Å². The molecule has 0 aromatic heterocycles. The lowest BCUT2D eigenvalue weighted by Crippen LogP contribution is -2.68. The first-order valence-corrected chi connectivity index (χ1v) is 10.7. The molecule has 1 aliphatic heterocycles. The summed E-state index contributed by atoms with van der Waals surface area (Å²) in [5.41, 5.74) is -6.74. The maximum atomic E-state index is 13.1. The van der Waals surface area contributed by atoms with E-state index in [1.54, 1.807) is 6.92 Å². The molecule has 0 saturated carbocycles. The molecule has 13 heteroatoms. The fourth-order valence-corrected chi connectivity index (χ4v) is 6.38. The van der Waals surface area contributed by atoms with Gasteiger partial charge in [-0.05, 0) is 18.5 Å². The average molecular weight is 433 g/mol. The lowest BCUT2D eigenvalue weighted by atomic mass is 9.83. The van der Waals surface area contributed by atoms with E-state index < -0.39 is 44.3 Å². The molecule has 1 rings (SSSR count). The van der Waals surface area contributed by atoms with Gasteiger partial charge in [0, 0.05) is 19.8 Å². The van der Waals surface area contributed by atoms with Gasteiger partial charge in [-0.15, -0.1) is 0 Å². The Hall–Kier alpha value is -0.983. The highest BCUT2D eigenvalue weighted by Crippen LogP contribution is 2.60. The Morgan fingerprint density at radius 3 is 1.85 bits per heavy atom. The van der Waals surface area contributed by atoms with Gasteiger partial charge < -0.3 is 9.33 Å². The molecule has 0 bridgehead atoms. The molecule has 2 unspecified atom stereocenters. The molecule has 0 radical (unpaired) electrons. The van der Waals surface area contributed by atoms with Crippen molar-refractivity contribution in [1.29, 1.82) is 0 Å². The molecule has 27 heavy (non-hydrogen) atoms. The zero-order valence-corrected chi connectivity index (χ0v) is 15.8. The third-order valence-electron chi connectivity index (χ3n) is 5.00. The van der Waals surface area contributed by atoms with Crippen LogP contribution in [0.15, 0.2) is 0 Å². The minimum atomic E-state index is -6.91. The second kappa shape index (κ2) is 7.45. The summed E-state index contributed by atoms with van der Waals surface area (Å²) in [6, 6.07) is 0. The van der Waals surface area contributed by atoms with Gasteiger partial charge in [0.05, 0.1) is 0 Å². The molecule has 0 spiro atoms. The second-order valence-electron chi connectivity index (χ2n) is 6.96. The number of amides is 1. The van der Waals surface area contributed by atoms with Crippen LogP contribution in [0, 0.1) is 5.41 Å². The molecule has 2 atom stereocenters. The van der Waals surface area contributed by atoms with Gasteiger partial charge in [0.25, 0.3) is 5.91 Å². The van der Waals surface area contributed by atoms with Crippen molar-refractivity contribution >= 4 is 14.2 Å². The third-order valence-corrected chi connectivity index (χ3v) is 9.34. The lowest BCUT2D eigenvalue weighted by molar-refractivity contribution is -0.408. The van der Waals surface area contributed by atoms with Crippen LogP contribution in [0.25, 0.3) is 0 Å². The van der Waals surface area contributed by atoms with Crippen LogP contribution in [0.5, 0.6) is 0 Å². The van der Waals surface area contributed by atoms with E-state index in [-0.39, 0.29) is 17.0 Å². The van der Waals surface area contributed by atoms with Gasteiger partial charge in [-0.1, -0.05) is 19.8 Å². The van der Waals surface area contributed by atoms with Crippen molar-refractivity contribution in [3.05, 3.63) is 0 Å². The minimum Gasteiger partial charge on any atom is -0.415 e. The van der Waals surface area contributed by atoms with Crippen molar-refractivity contribution in [3.8, 4) is 0 Å². The Bertz CT molecular complexity index is 510. The van der Waals surface area contributed by atoms with Crippen LogP contribution in [0.4, 0.5) is 39.5 Å². The minimum absolute atomic E-state index is 0.123. The first-order chi connectivity index (χ1) is 11.9. The summed E-state index contributed by atoms with van der Waals surface area (Å²) in [7, 11) is -2.56. The van der Waals surface area contributed by atoms with E-state index in [1.165, 1.54) is 6.55 Å². The van der Waals surface area contributed by atoms with Crippen LogP contribution in [0.1, 0.15) is 26.2 Å². The van der Waals surface area contributed by atoms with E-state index >= 15 is 0 Å². The number of carbonyl (C=O) groups excluding carboxylic acids is 1. The van der Waals surface area contributed by atoms with E-state index in [0.29, 0.717) is 26.3 Å². The van der Waals surface area contributed by atoms with Crippen molar-refractivity contribution in [1.82, 2.24) is 4.90 Å². The van der Waals surface area contributed by atoms with Crippen molar-refractivity contribution in [2.45, 2.75) is 56.8 Å². The second-order valence-corrected chi connectivity index (χ2v) is 11.2. The highest BCUT2D eigenvalue weighted by molar-refractivity contribution is 6.74. The fraction of sp³-hybridized carbons (Fsp3) is 0.929. The predicted octanol–water partition coefficient (Wildman–Crippen LogP) is 4.82. The van der Waals surface area contributed by atoms with Gasteiger partial charge in [-0.25, -0.2) is 0 Å². The number of carbonyl (C=O) groups is 1. The molecule has 1 saturated heterocycles. The maximum absolute atomic E-state index is 13.1. The largest absolute Gasteiger partial charge is 0.421 e. The van der Waals surface area contributed by atoms with Gasteiger partial charge in [0.1, 0.15) is 0 Å². The van der Waals surface area contributed by atoms with Crippen LogP contribution in [-0.4, -0.2) is 57.5 Å². The summed E-state index contributed by atoms with van der Waals surface area (Å²) >= 11 is 0. The number of rotatable bonds is 3. The molecule has 1 aliphatic rings. The molecule has 1 fully saturated rings. The van der Waals surface area contributed by atoms with E-state index in [0.717, 1.165) is 0 Å². The molecule has 0 N–H and O–H groups in total. The van der Waals surface area contributed by atoms with Crippen LogP contribution in [0.3, 0.4) is 0 Å². The highest BCUT2D eigenvalue weighted by Gasteiger charge is 2.88. The summed E-state index contributed by atoms with van der Waals surface area (Å²) in [4.78, 5) is 11.9. The number of nitrogens with zero attached hydrogens (tertiary/aromatic N) is 1.